The molecule has 1 aromatic carbocycles. The molecule has 2 aromatic rings. The fourth-order valence-electron chi connectivity index (χ4n) is 1.56. The van der Waals surface area contributed by atoms with E-state index in [-0.39, 0.29) is 12.5 Å². The van der Waals surface area contributed by atoms with Crippen LogP contribution in [0.5, 0.6) is 5.75 Å². The molecule has 0 fully saturated rings. The Balaban J connectivity index is 2.11. The lowest BCUT2D eigenvalue weighted by molar-refractivity contribution is -0.116. The molecule has 1 amide bonds. The first-order chi connectivity index (χ1) is 9.22. The van der Waals surface area contributed by atoms with E-state index in [4.69, 9.17) is 9.26 Å². The number of hydrogen-bond donors (Lipinski definition) is 1. The van der Waals surface area contributed by atoms with Crippen molar-refractivity contribution in [3.05, 3.63) is 48.7 Å². The average molecular weight is 258 g/mol. The van der Waals surface area contributed by atoms with Crippen LogP contribution in [0.15, 0.2) is 47.5 Å². The number of rotatable bonds is 5. The first kappa shape index (κ1) is 12.9. The van der Waals surface area contributed by atoms with Crippen LogP contribution in [-0.2, 0) is 11.3 Å². The van der Waals surface area contributed by atoms with Crippen molar-refractivity contribution < 1.29 is 14.1 Å². The number of methoxy groups -OCH3 is 1. The van der Waals surface area contributed by atoms with Gasteiger partial charge in [0.15, 0.2) is 5.76 Å². The number of aromatic nitrogens is 1. The standard InChI is InChI=1S/C14H14N2O3/c1-3-14(17)15-9-12-8-13(16-19-12)10-5-4-6-11(7-10)18-2/h3-8H,1,9H2,2H3,(H,15,17). The first-order valence-corrected chi connectivity index (χ1v) is 5.73. The lowest BCUT2D eigenvalue weighted by atomic mass is 10.1. The molecule has 1 aromatic heterocycles. The second-order valence-corrected chi connectivity index (χ2v) is 3.83. The normalized spacial score (nSPS) is 9.95. The van der Waals surface area contributed by atoms with Gasteiger partial charge in [-0.2, -0.15) is 0 Å². The summed E-state index contributed by atoms with van der Waals surface area (Å²) in [4.78, 5) is 11.0. The van der Waals surface area contributed by atoms with Gasteiger partial charge in [-0.25, -0.2) is 0 Å². The molecular weight excluding hydrogens is 244 g/mol. The molecule has 0 atom stereocenters. The van der Waals surface area contributed by atoms with Crippen molar-refractivity contribution in [2.24, 2.45) is 0 Å². The zero-order chi connectivity index (χ0) is 13.7. The minimum Gasteiger partial charge on any atom is -0.497 e. The van der Waals surface area contributed by atoms with E-state index in [2.05, 4.69) is 17.1 Å². The Labute approximate surface area is 110 Å². The number of ether oxygens (including phenoxy) is 1. The maximum atomic E-state index is 11.0. The molecule has 0 aliphatic heterocycles. The van der Waals surface area contributed by atoms with Crippen LogP contribution in [-0.4, -0.2) is 18.2 Å². The van der Waals surface area contributed by atoms with Crippen LogP contribution in [0.1, 0.15) is 5.76 Å². The average Bonchev–Trinajstić information content (AvgIpc) is 2.93. The molecule has 1 heterocycles. The van der Waals surface area contributed by atoms with Crippen molar-refractivity contribution in [3.8, 4) is 17.0 Å². The monoisotopic (exact) mass is 258 g/mol. The highest BCUT2D eigenvalue weighted by Gasteiger charge is 2.07. The van der Waals surface area contributed by atoms with E-state index in [0.717, 1.165) is 11.3 Å². The smallest absolute Gasteiger partial charge is 0.243 e. The molecular formula is C14H14N2O3. The Kier molecular flexibility index (Phi) is 3.97. The molecule has 5 nitrogen and oxygen atoms in total. The van der Waals surface area contributed by atoms with Gasteiger partial charge >= 0.3 is 0 Å². The van der Waals surface area contributed by atoms with Crippen LogP contribution in [0, 0.1) is 0 Å². The Bertz CT molecular complexity index is 590. The predicted octanol–water partition coefficient (Wildman–Crippen LogP) is 2.15. The molecule has 0 unspecified atom stereocenters. The molecule has 98 valence electrons. The fourth-order valence-corrected chi connectivity index (χ4v) is 1.56. The lowest BCUT2D eigenvalue weighted by Gasteiger charge is -2.00. The lowest BCUT2D eigenvalue weighted by Crippen LogP contribution is -2.19. The van der Waals surface area contributed by atoms with Gasteiger partial charge in [-0.1, -0.05) is 23.9 Å². The van der Waals surface area contributed by atoms with Crippen LogP contribution in [0.3, 0.4) is 0 Å². The molecule has 0 aliphatic carbocycles. The van der Waals surface area contributed by atoms with E-state index < -0.39 is 0 Å². The van der Waals surface area contributed by atoms with Crippen LogP contribution in [0.25, 0.3) is 11.3 Å². The third kappa shape index (κ3) is 3.22. The van der Waals surface area contributed by atoms with Crippen molar-refractivity contribution in [2.75, 3.05) is 7.11 Å². The molecule has 1 N–H and O–H groups in total. The van der Waals surface area contributed by atoms with E-state index in [1.165, 1.54) is 6.08 Å². The summed E-state index contributed by atoms with van der Waals surface area (Å²) >= 11 is 0. The summed E-state index contributed by atoms with van der Waals surface area (Å²) in [7, 11) is 1.61. The minimum absolute atomic E-state index is 0.251. The topological polar surface area (TPSA) is 64.4 Å². The Morgan fingerprint density at radius 3 is 3.11 bits per heavy atom. The van der Waals surface area contributed by atoms with E-state index in [0.29, 0.717) is 11.5 Å². The third-order valence-corrected chi connectivity index (χ3v) is 2.55. The zero-order valence-corrected chi connectivity index (χ0v) is 10.6. The first-order valence-electron chi connectivity index (χ1n) is 5.73. The highest BCUT2D eigenvalue weighted by molar-refractivity contribution is 5.86. The molecule has 2 rings (SSSR count). The summed E-state index contributed by atoms with van der Waals surface area (Å²) in [5.41, 5.74) is 1.59. The van der Waals surface area contributed by atoms with Gasteiger partial charge in [0.25, 0.3) is 0 Å². The summed E-state index contributed by atoms with van der Waals surface area (Å²) in [6.07, 6.45) is 1.21. The molecule has 0 saturated carbocycles. The summed E-state index contributed by atoms with van der Waals surface area (Å²) in [5, 5.41) is 6.58. The third-order valence-electron chi connectivity index (χ3n) is 2.55. The van der Waals surface area contributed by atoms with Gasteiger partial charge in [-0.15, -0.1) is 0 Å². The zero-order valence-electron chi connectivity index (χ0n) is 10.6. The van der Waals surface area contributed by atoms with Crippen molar-refractivity contribution >= 4 is 5.91 Å². The van der Waals surface area contributed by atoms with Gasteiger partial charge in [-0.05, 0) is 18.2 Å². The minimum atomic E-state index is -0.251. The fraction of sp³-hybridized carbons (Fsp3) is 0.143. The van der Waals surface area contributed by atoms with E-state index in [1.54, 1.807) is 13.2 Å². The van der Waals surface area contributed by atoms with Gasteiger partial charge in [0, 0.05) is 11.6 Å². The van der Waals surface area contributed by atoms with Crippen molar-refractivity contribution in [2.45, 2.75) is 6.54 Å². The summed E-state index contributed by atoms with van der Waals surface area (Å²) < 4.78 is 10.3. The van der Waals surface area contributed by atoms with Gasteiger partial charge < -0.3 is 14.6 Å². The number of carbonyl (C=O) groups excluding carboxylic acids is 1. The van der Waals surface area contributed by atoms with E-state index >= 15 is 0 Å². The second kappa shape index (κ2) is 5.86. The van der Waals surface area contributed by atoms with Crippen molar-refractivity contribution in [3.63, 3.8) is 0 Å². The number of amides is 1. The highest BCUT2D eigenvalue weighted by atomic mass is 16.5. The second-order valence-electron chi connectivity index (χ2n) is 3.83. The van der Waals surface area contributed by atoms with Crippen LogP contribution in [0.2, 0.25) is 0 Å². The van der Waals surface area contributed by atoms with Crippen molar-refractivity contribution in [1.82, 2.24) is 10.5 Å². The van der Waals surface area contributed by atoms with Gasteiger partial charge in [-0.3, -0.25) is 4.79 Å². The van der Waals surface area contributed by atoms with Gasteiger partial charge in [0.05, 0.1) is 13.7 Å². The van der Waals surface area contributed by atoms with Crippen LogP contribution >= 0.6 is 0 Å². The molecule has 5 heteroatoms. The van der Waals surface area contributed by atoms with Gasteiger partial charge in [0.2, 0.25) is 5.91 Å². The number of nitrogens with one attached hydrogen (secondary N) is 1. The molecule has 19 heavy (non-hydrogen) atoms. The summed E-state index contributed by atoms with van der Waals surface area (Å²) in [6, 6.07) is 9.28. The van der Waals surface area contributed by atoms with E-state index in [9.17, 15) is 4.79 Å². The number of benzene rings is 1. The molecule has 0 bridgehead atoms. The molecule has 0 spiro atoms. The Morgan fingerprint density at radius 2 is 2.37 bits per heavy atom. The van der Waals surface area contributed by atoms with Crippen LogP contribution < -0.4 is 10.1 Å². The number of nitrogens with zero attached hydrogens (tertiary/aromatic N) is 1. The quantitative estimate of drug-likeness (QED) is 0.835. The molecule has 0 radical (unpaired) electrons. The maximum absolute atomic E-state index is 11.0. The summed E-state index contributed by atoms with van der Waals surface area (Å²) in [5.74, 6) is 1.08. The maximum Gasteiger partial charge on any atom is 0.243 e. The summed E-state index contributed by atoms with van der Waals surface area (Å²) in [6.45, 7) is 3.65. The predicted molar refractivity (Wildman–Crippen MR) is 70.5 cm³/mol. The number of carbonyl (C=O) groups is 1. The molecule has 0 aliphatic rings. The Hall–Kier alpha value is -2.56. The van der Waals surface area contributed by atoms with Crippen LogP contribution in [0.4, 0.5) is 0 Å². The largest absolute Gasteiger partial charge is 0.497 e. The van der Waals surface area contributed by atoms with E-state index in [1.807, 2.05) is 24.3 Å². The van der Waals surface area contributed by atoms with Gasteiger partial charge in [0.1, 0.15) is 11.4 Å². The SMILES string of the molecule is C=CC(=O)NCc1cc(-c2cccc(OC)c2)no1. The Morgan fingerprint density at radius 1 is 1.53 bits per heavy atom. The highest BCUT2D eigenvalue weighted by Crippen LogP contribution is 2.23. The number of hydrogen-bond acceptors (Lipinski definition) is 4. The van der Waals surface area contributed by atoms with Crippen molar-refractivity contribution in [1.29, 1.82) is 0 Å². The molecule has 0 saturated heterocycles.